The molecule has 0 aromatic rings. The molecule has 0 aliphatic carbocycles. The Morgan fingerprint density at radius 3 is 1.19 bits per heavy atom. The molecule has 62 heavy (non-hydrogen) atoms. The fourth-order valence-corrected chi connectivity index (χ4v) is 6.84. The van der Waals surface area contributed by atoms with Gasteiger partial charge in [-0.1, -0.05) is 214 Å². The number of carbonyl (C=O) groups excluding carboxylic acids is 2. The maximum absolute atomic E-state index is 12.8. The summed E-state index contributed by atoms with van der Waals surface area (Å²) in [5.74, 6) is -0.457. The number of hydrogen-bond acceptors (Lipinski definition) is 5. The minimum absolute atomic E-state index is 0.0529. The van der Waals surface area contributed by atoms with Crippen molar-refractivity contribution in [3.63, 3.8) is 0 Å². The van der Waals surface area contributed by atoms with Crippen LogP contribution in [0.4, 0.5) is 0 Å². The zero-order valence-electron chi connectivity index (χ0n) is 40.6. The van der Waals surface area contributed by atoms with Crippen molar-refractivity contribution in [2.24, 2.45) is 0 Å². The van der Waals surface area contributed by atoms with Gasteiger partial charge in [-0.05, 0) is 96.3 Å². The molecule has 0 aliphatic heterocycles. The van der Waals surface area contributed by atoms with Gasteiger partial charge in [0, 0.05) is 19.4 Å². The van der Waals surface area contributed by atoms with Crippen LogP contribution >= 0.6 is 0 Å². The standard InChI is InChI=1S/C57H96O5/c1-4-7-10-13-16-19-22-25-27-28-29-31-34-37-40-43-46-49-52-60-53-55(62-57(59)51-48-45-42-39-36-32-24-21-18-15-12-9-6-3)54-61-56(58)50-47-44-41-38-35-33-30-26-23-20-17-14-11-8-5-2/h7-8,10-11,16-17,19-20,25-27,29-31,35,38,55H,4-6,9,12-15,18,21-24,28,32-34,36-37,39-54H2,1-3H3/b10-7-,11-8-,19-16-,20-17-,27-25-,30-26-,31-29-,38-35-. The third-order valence-corrected chi connectivity index (χ3v) is 10.6. The fourth-order valence-electron chi connectivity index (χ4n) is 6.84. The van der Waals surface area contributed by atoms with Gasteiger partial charge in [-0.3, -0.25) is 9.59 Å². The maximum atomic E-state index is 12.8. The molecule has 354 valence electrons. The van der Waals surface area contributed by atoms with Gasteiger partial charge in [0.2, 0.25) is 0 Å². The SMILES string of the molecule is CC/C=C\C/C=C\C/C=C\C/C=C\CCCCCCCOCC(COC(=O)CCCC/C=C\C/C=C\C/C=C\C/C=C\CC)OC(=O)CCCCCCCCCCCCCCC. The highest BCUT2D eigenvalue weighted by molar-refractivity contribution is 5.70. The second kappa shape index (κ2) is 52.2. The Morgan fingerprint density at radius 1 is 0.371 bits per heavy atom. The molecule has 0 amide bonds. The van der Waals surface area contributed by atoms with Crippen LogP contribution in [0.5, 0.6) is 0 Å². The topological polar surface area (TPSA) is 61.8 Å². The molecular formula is C57H96O5. The number of ether oxygens (including phenoxy) is 3. The second-order valence-electron chi connectivity index (χ2n) is 16.7. The van der Waals surface area contributed by atoms with E-state index >= 15 is 0 Å². The summed E-state index contributed by atoms with van der Waals surface area (Å²) < 4.78 is 17.4. The number of hydrogen-bond donors (Lipinski definition) is 0. The van der Waals surface area contributed by atoms with E-state index in [0.29, 0.717) is 19.4 Å². The molecule has 1 atom stereocenters. The van der Waals surface area contributed by atoms with Crippen LogP contribution in [0.15, 0.2) is 97.2 Å². The van der Waals surface area contributed by atoms with Crippen molar-refractivity contribution in [2.75, 3.05) is 19.8 Å². The highest BCUT2D eigenvalue weighted by Crippen LogP contribution is 2.14. The molecule has 0 rings (SSSR count). The van der Waals surface area contributed by atoms with Crippen molar-refractivity contribution in [2.45, 2.75) is 232 Å². The lowest BCUT2D eigenvalue weighted by atomic mass is 10.0. The monoisotopic (exact) mass is 861 g/mol. The van der Waals surface area contributed by atoms with Crippen LogP contribution < -0.4 is 0 Å². The van der Waals surface area contributed by atoms with Gasteiger partial charge in [0.15, 0.2) is 6.10 Å². The smallest absolute Gasteiger partial charge is 0.306 e. The van der Waals surface area contributed by atoms with Crippen LogP contribution in [-0.4, -0.2) is 37.9 Å². The highest BCUT2D eigenvalue weighted by Gasteiger charge is 2.17. The normalized spacial score (nSPS) is 13.0. The lowest BCUT2D eigenvalue weighted by molar-refractivity contribution is -0.163. The molecular weight excluding hydrogens is 765 g/mol. The molecule has 1 unspecified atom stereocenters. The van der Waals surface area contributed by atoms with Crippen molar-refractivity contribution in [1.29, 1.82) is 0 Å². The Balaban J connectivity index is 4.37. The van der Waals surface area contributed by atoms with Crippen molar-refractivity contribution in [3.05, 3.63) is 97.2 Å². The van der Waals surface area contributed by atoms with Crippen LogP contribution in [0.25, 0.3) is 0 Å². The molecule has 0 heterocycles. The van der Waals surface area contributed by atoms with E-state index < -0.39 is 6.10 Å². The zero-order valence-corrected chi connectivity index (χ0v) is 40.6. The maximum Gasteiger partial charge on any atom is 0.306 e. The van der Waals surface area contributed by atoms with E-state index in [-0.39, 0.29) is 25.2 Å². The Labute approximate surface area is 383 Å². The van der Waals surface area contributed by atoms with E-state index in [1.165, 1.54) is 89.9 Å². The minimum atomic E-state index is -0.566. The molecule has 0 aromatic heterocycles. The molecule has 0 spiro atoms. The van der Waals surface area contributed by atoms with E-state index in [9.17, 15) is 9.59 Å². The van der Waals surface area contributed by atoms with Crippen LogP contribution in [0, 0.1) is 0 Å². The van der Waals surface area contributed by atoms with Gasteiger partial charge in [-0.25, -0.2) is 0 Å². The summed E-state index contributed by atoms with van der Waals surface area (Å²) in [6.07, 6.45) is 69.9. The first-order valence-electron chi connectivity index (χ1n) is 25.8. The van der Waals surface area contributed by atoms with Gasteiger partial charge >= 0.3 is 11.9 Å². The number of allylic oxidation sites excluding steroid dienone is 16. The average molecular weight is 861 g/mol. The number of esters is 2. The first-order valence-corrected chi connectivity index (χ1v) is 25.8. The molecule has 0 aromatic carbocycles. The quantitative estimate of drug-likeness (QED) is 0.0347. The number of rotatable bonds is 46. The largest absolute Gasteiger partial charge is 0.462 e. The fraction of sp³-hybridized carbons (Fsp3) is 0.684. The lowest BCUT2D eigenvalue weighted by Gasteiger charge is -2.18. The molecule has 0 saturated carbocycles. The van der Waals surface area contributed by atoms with E-state index in [1.807, 2.05) is 0 Å². The van der Waals surface area contributed by atoms with Crippen molar-refractivity contribution < 1.29 is 23.8 Å². The van der Waals surface area contributed by atoms with Gasteiger partial charge in [-0.2, -0.15) is 0 Å². The van der Waals surface area contributed by atoms with Crippen molar-refractivity contribution >= 4 is 11.9 Å². The Hall–Kier alpha value is -3.18. The number of unbranched alkanes of at least 4 members (excludes halogenated alkanes) is 19. The van der Waals surface area contributed by atoms with Gasteiger partial charge in [0.1, 0.15) is 6.61 Å². The van der Waals surface area contributed by atoms with Crippen LogP contribution in [0.1, 0.15) is 226 Å². The summed E-state index contributed by atoms with van der Waals surface area (Å²) in [6, 6.07) is 0. The molecule has 0 aliphatic rings. The summed E-state index contributed by atoms with van der Waals surface area (Å²) in [4.78, 5) is 25.4. The van der Waals surface area contributed by atoms with E-state index in [1.54, 1.807) is 0 Å². The predicted molar refractivity (Wildman–Crippen MR) is 270 cm³/mol. The van der Waals surface area contributed by atoms with Crippen molar-refractivity contribution in [3.8, 4) is 0 Å². The molecule has 5 heteroatoms. The van der Waals surface area contributed by atoms with Crippen molar-refractivity contribution in [1.82, 2.24) is 0 Å². The number of carbonyl (C=O) groups is 2. The van der Waals surface area contributed by atoms with E-state index in [0.717, 1.165) is 103 Å². The van der Waals surface area contributed by atoms with Gasteiger partial charge in [0.05, 0.1) is 6.61 Å². The minimum Gasteiger partial charge on any atom is -0.462 e. The van der Waals surface area contributed by atoms with Gasteiger partial charge in [0.25, 0.3) is 0 Å². The lowest BCUT2D eigenvalue weighted by Crippen LogP contribution is -2.30. The third-order valence-electron chi connectivity index (χ3n) is 10.6. The third kappa shape index (κ3) is 49.5. The summed E-state index contributed by atoms with van der Waals surface area (Å²) in [6.45, 7) is 7.52. The highest BCUT2D eigenvalue weighted by atomic mass is 16.6. The van der Waals surface area contributed by atoms with Crippen LogP contribution in [0.3, 0.4) is 0 Å². The predicted octanol–water partition coefficient (Wildman–Crippen LogP) is 17.5. The van der Waals surface area contributed by atoms with Gasteiger partial charge < -0.3 is 14.2 Å². The second-order valence-corrected chi connectivity index (χ2v) is 16.7. The first-order chi connectivity index (χ1) is 30.6. The Kier molecular flexibility index (Phi) is 49.5. The van der Waals surface area contributed by atoms with E-state index in [4.69, 9.17) is 14.2 Å². The molecule has 5 nitrogen and oxygen atoms in total. The van der Waals surface area contributed by atoms with Crippen LogP contribution in [0.2, 0.25) is 0 Å². The van der Waals surface area contributed by atoms with Crippen LogP contribution in [-0.2, 0) is 23.8 Å². The summed E-state index contributed by atoms with van der Waals surface area (Å²) in [7, 11) is 0. The molecule has 0 fully saturated rings. The Bertz CT molecular complexity index is 1200. The Morgan fingerprint density at radius 2 is 0.726 bits per heavy atom. The molecule has 0 N–H and O–H groups in total. The summed E-state index contributed by atoms with van der Waals surface area (Å²) in [5, 5.41) is 0. The van der Waals surface area contributed by atoms with Gasteiger partial charge in [-0.15, -0.1) is 0 Å². The van der Waals surface area contributed by atoms with E-state index in [2.05, 4.69) is 118 Å². The summed E-state index contributed by atoms with van der Waals surface area (Å²) in [5.41, 5.74) is 0. The molecule has 0 saturated heterocycles. The first kappa shape index (κ1) is 58.8. The zero-order chi connectivity index (χ0) is 44.9. The molecule has 0 radical (unpaired) electrons. The average Bonchev–Trinajstić information content (AvgIpc) is 3.27. The molecule has 0 bridgehead atoms. The summed E-state index contributed by atoms with van der Waals surface area (Å²) >= 11 is 0.